The number of hydrogen-bond donors (Lipinski definition) is 0. The van der Waals surface area contributed by atoms with Crippen molar-refractivity contribution in [1.82, 2.24) is 0 Å². The van der Waals surface area contributed by atoms with E-state index in [1.165, 1.54) is 24.3 Å². The van der Waals surface area contributed by atoms with Gasteiger partial charge in [-0.15, -0.1) is 0 Å². The number of rotatable bonds is 5. The van der Waals surface area contributed by atoms with E-state index in [2.05, 4.69) is 0 Å². The molecule has 0 atom stereocenters. The van der Waals surface area contributed by atoms with Crippen LogP contribution >= 0.6 is 0 Å². The molecule has 0 fully saturated rings. The fourth-order valence-corrected chi connectivity index (χ4v) is 1.97. The van der Waals surface area contributed by atoms with Crippen molar-refractivity contribution in [2.45, 2.75) is 6.92 Å². The molecule has 0 saturated carbocycles. The first kappa shape index (κ1) is 15.5. The van der Waals surface area contributed by atoms with Gasteiger partial charge in [0.25, 0.3) is 0 Å². The summed E-state index contributed by atoms with van der Waals surface area (Å²) in [6, 6.07) is 14.4. The van der Waals surface area contributed by atoms with E-state index in [-0.39, 0.29) is 11.1 Å². The summed E-state index contributed by atoms with van der Waals surface area (Å²) in [5.74, 6) is -0.633. The lowest BCUT2D eigenvalue weighted by molar-refractivity contribution is 0.103. The number of ether oxygens (including phenoxy) is 1. The zero-order valence-corrected chi connectivity index (χ0v) is 12.0. The highest BCUT2D eigenvalue weighted by Crippen LogP contribution is 2.18. The molecule has 0 unspecified atom stereocenters. The molecule has 0 N–H and O–H groups in total. The molecule has 2 aromatic rings. The molecular weight excluding hydrogens is 281 g/mol. The van der Waals surface area contributed by atoms with Gasteiger partial charge in [-0.2, -0.15) is 5.26 Å². The summed E-state index contributed by atoms with van der Waals surface area (Å²) in [5, 5.41) is 9.19. The van der Waals surface area contributed by atoms with Gasteiger partial charge >= 0.3 is 0 Å². The second-order valence-corrected chi connectivity index (χ2v) is 4.48. The summed E-state index contributed by atoms with van der Waals surface area (Å²) in [5.41, 5.74) is 0.405. The zero-order chi connectivity index (χ0) is 15.9. The topological polar surface area (TPSA) is 50.1 Å². The maximum atomic E-state index is 13.7. The van der Waals surface area contributed by atoms with Crippen molar-refractivity contribution < 1.29 is 13.9 Å². The number of allylic oxidation sites excluding steroid dienone is 1. The molecule has 0 aliphatic carbocycles. The number of hydrogen-bond acceptors (Lipinski definition) is 3. The Morgan fingerprint density at radius 1 is 1.27 bits per heavy atom. The van der Waals surface area contributed by atoms with Crippen LogP contribution in [0.2, 0.25) is 0 Å². The quantitative estimate of drug-likeness (QED) is 0.475. The summed E-state index contributed by atoms with van der Waals surface area (Å²) in [6.07, 6.45) is 1.43. The van der Waals surface area contributed by atoms with Gasteiger partial charge < -0.3 is 4.74 Å². The fourth-order valence-electron chi connectivity index (χ4n) is 1.97. The molecule has 0 aliphatic rings. The van der Waals surface area contributed by atoms with E-state index >= 15 is 0 Å². The van der Waals surface area contributed by atoms with Gasteiger partial charge in [0.15, 0.2) is 0 Å². The van der Waals surface area contributed by atoms with E-state index < -0.39 is 11.6 Å². The molecule has 0 amide bonds. The van der Waals surface area contributed by atoms with Crippen molar-refractivity contribution in [2.24, 2.45) is 0 Å². The molecule has 2 rings (SSSR count). The highest BCUT2D eigenvalue weighted by molar-refractivity contribution is 6.14. The van der Waals surface area contributed by atoms with Crippen molar-refractivity contribution in [2.75, 3.05) is 6.61 Å². The third-order valence-electron chi connectivity index (χ3n) is 2.96. The molecule has 0 saturated heterocycles. The van der Waals surface area contributed by atoms with Crippen molar-refractivity contribution in [1.29, 1.82) is 5.26 Å². The van der Waals surface area contributed by atoms with Crippen LogP contribution in [-0.2, 0) is 0 Å². The van der Waals surface area contributed by atoms with Gasteiger partial charge in [-0.3, -0.25) is 4.79 Å². The molecule has 0 heterocycles. The lowest BCUT2D eigenvalue weighted by Gasteiger charge is -2.04. The third-order valence-corrected chi connectivity index (χ3v) is 2.96. The maximum Gasteiger partial charge on any atom is 0.206 e. The predicted molar refractivity (Wildman–Crippen MR) is 81.9 cm³/mol. The summed E-state index contributed by atoms with van der Waals surface area (Å²) >= 11 is 0. The Hall–Kier alpha value is -2.93. The summed E-state index contributed by atoms with van der Waals surface area (Å²) in [7, 11) is 0. The van der Waals surface area contributed by atoms with Gasteiger partial charge in [0, 0.05) is 0 Å². The first-order valence-corrected chi connectivity index (χ1v) is 6.79. The van der Waals surface area contributed by atoms with Crippen LogP contribution in [0.25, 0.3) is 6.08 Å². The number of nitrogens with zero attached hydrogens (tertiary/aromatic N) is 1. The van der Waals surface area contributed by atoms with Gasteiger partial charge in [-0.25, -0.2) is 4.39 Å². The molecule has 0 aromatic heterocycles. The third kappa shape index (κ3) is 3.58. The Bertz CT molecular complexity index is 760. The van der Waals surface area contributed by atoms with Crippen molar-refractivity contribution >= 4 is 11.9 Å². The molecule has 22 heavy (non-hydrogen) atoms. The van der Waals surface area contributed by atoms with Gasteiger partial charge in [0.1, 0.15) is 23.2 Å². The lowest BCUT2D eigenvalue weighted by Crippen LogP contribution is -2.04. The molecule has 0 spiro atoms. The average molecular weight is 295 g/mol. The van der Waals surface area contributed by atoms with Crippen LogP contribution in [0.15, 0.2) is 54.1 Å². The van der Waals surface area contributed by atoms with Crippen LogP contribution in [0.4, 0.5) is 4.39 Å². The minimum absolute atomic E-state index is 0.115. The molecule has 4 heteroatoms. The van der Waals surface area contributed by atoms with Gasteiger partial charge in [-0.1, -0.05) is 24.3 Å². The molecule has 3 nitrogen and oxygen atoms in total. The number of ketones is 1. The van der Waals surface area contributed by atoms with Crippen LogP contribution in [0.1, 0.15) is 22.8 Å². The van der Waals surface area contributed by atoms with E-state index in [1.807, 2.05) is 13.0 Å². The average Bonchev–Trinajstić information content (AvgIpc) is 2.53. The van der Waals surface area contributed by atoms with Crippen molar-refractivity contribution in [3.8, 4) is 11.8 Å². The minimum Gasteiger partial charge on any atom is -0.494 e. The molecule has 2 aromatic carbocycles. The number of halogens is 1. The predicted octanol–water partition coefficient (Wildman–Crippen LogP) is 4.01. The second kappa shape index (κ2) is 7.19. The lowest BCUT2D eigenvalue weighted by atomic mass is 10.0. The highest BCUT2D eigenvalue weighted by atomic mass is 19.1. The standard InChI is InChI=1S/C18H14FNO2/c1-2-22-15-7-5-6-13(11-15)10-14(12-20)18(21)16-8-3-4-9-17(16)19/h3-11H,2H2,1H3/b14-10+. The minimum atomic E-state index is -0.642. The number of benzene rings is 2. The first-order chi connectivity index (χ1) is 10.7. The molecule has 0 radical (unpaired) electrons. The van der Waals surface area contributed by atoms with Crippen molar-refractivity contribution in [3.05, 3.63) is 71.0 Å². The number of carbonyl (C=O) groups excluding carboxylic acids is 1. The van der Waals surface area contributed by atoms with Crippen LogP contribution in [0.5, 0.6) is 5.75 Å². The van der Waals surface area contributed by atoms with E-state index in [0.717, 1.165) is 0 Å². The largest absolute Gasteiger partial charge is 0.494 e. The smallest absolute Gasteiger partial charge is 0.206 e. The second-order valence-electron chi connectivity index (χ2n) is 4.48. The van der Waals surface area contributed by atoms with E-state index in [0.29, 0.717) is 17.9 Å². The Morgan fingerprint density at radius 3 is 2.73 bits per heavy atom. The number of nitriles is 1. The fraction of sp³-hybridized carbons (Fsp3) is 0.111. The Kier molecular flexibility index (Phi) is 5.05. The van der Waals surface area contributed by atoms with Crippen LogP contribution in [0.3, 0.4) is 0 Å². The molecule has 110 valence electrons. The molecular formula is C18H14FNO2. The summed E-state index contributed by atoms with van der Waals surface area (Å²) in [6.45, 7) is 2.39. The first-order valence-electron chi connectivity index (χ1n) is 6.79. The Balaban J connectivity index is 2.36. The maximum absolute atomic E-state index is 13.7. The normalized spacial score (nSPS) is 10.9. The van der Waals surface area contributed by atoms with Gasteiger partial charge in [0.2, 0.25) is 5.78 Å². The highest BCUT2D eigenvalue weighted by Gasteiger charge is 2.15. The van der Waals surface area contributed by atoms with E-state index in [4.69, 9.17) is 4.74 Å². The van der Waals surface area contributed by atoms with Crippen LogP contribution in [-0.4, -0.2) is 12.4 Å². The number of Topliss-reactive ketones (excluding diaryl/α,β-unsaturated/α-hetero) is 1. The van der Waals surface area contributed by atoms with Crippen LogP contribution in [0, 0.1) is 17.1 Å². The van der Waals surface area contributed by atoms with Crippen molar-refractivity contribution in [3.63, 3.8) is 0 Å². The molecule has 0 aliphatic heterocycles. The zero-order valence-electron chi connectivity index (χ0n) is 12.0. The Morgan fingerprint density at radius 2 is 2.05 bits per heavy atom. The van der Waals surface area contributed by atoms with Gasteiger partial charge in [-0.05, 0) is 42.8 Å². The molecule has 0 bridgehead atoms. The number of carbonyl (C=O) groups is 1. The van der Waals surface area contributed by atoms with Gasteiger partial charge in [0.05, 0.1) is 12.2 Å². The Labute approximate surface area is 128 Å². The summed E-state index contributed by atoms with van der Waals surface area (Å²) in [4.78, 5) is 12.2. The summed E-state index contributed by atoms with van der Waals surface area (Å²) < 4.78 is 19.0. The van der Waals surface area contributed by atoms with E-state index in [1.54, 1.807) is 30.3 Å². The van der Waals surface area contributed by atoms with Crippen LogP contribution < -0.4 is 4.74 Å². The SMILES string of the molecule is CCOc1cccc(/C=C(\C#N)C(=O)c2ccccc2F)c1. The van der Waals surface area contributed by atoms with E-state index in [9.17, 15) is 14.4 Å². The monoisotopic (exact) mass is 295 g/mol.